The van der Waals surface area contributed by atoms with Crippen molar-refractivity contribution < 1.29 is 14.7 Å². The Morgan fingerprint density at radius 3 is 2.64 bits per heavy atom. The predicted molar refractivity (Wildman–Crippen MR) is 82.8 cm³/mol. The molecule has 1 aromatic rings. The lowest BCUT2D eigenvalue weighted by Gasteiger charge is -2.16. The van der Waals surface area contributed by atoms with Crippen LogP contribution in [0.2, 0.25) is 0 Å². The number of hydrogen-bond donors (Lipinski definition) is 2. The number of amides is 1. The number of rotatable bonds is 6. The highest BCUT2D eigenvalue weighted by Gasteiger charge is 2.31. The molecule has 6 nitrogen and oxygen atoms in total. The molecule has 122 valence electrons. The summed E-state index contributed by atoms with van der Waals surface area (Å²) in [6, 6.07) is 0.258. The largest absolute Gasteiger partial charge is 0.481 e. The summed E-state index contributed by atoms with van der Waals surface area (Å²) in [6.07, 6.45) is 5.44. The van der Waals surface area contributed by atoms with Crippen LogP contribution in [-0.4, -0.2) is 32.8 Å². The molecule has 2 atom stereocenters. The van der Waals surface area contributed by atoms with Crippen LogP contribution in [-0.2, 0) is 4.79 Å². The van der Waals surface area contributed by atoms with E-state index in [2.05, 4.69) is 24.3 Å². The molecule has 0 radical (unpaired) electrons. The summed E-state index contributed by atoms with van der Waals surface area (Å²) in [7, 11) is 0. The molecular weight excluding hydrogens is 282 g/mol. The fraction of sp³-hybridized carbons (Fsp3) is 0.688. The third-order valence-electron chi connectivity index (χ3n) is 4.69. The number of carboxylic acids is 1. The summed E-state index contributed by atoms with van der Waals surface area (Å²) in [5.74, 6) is -1.25. The van der Waals surface area contributed by atoms with Gasteiger partial charge in [-0.25, -0.2) is 0 Å². The van der Waals surface area contributed by atoms with Gasteiger partial charge in [0.05, 0.1) is 23.7 Å². The molecule has 0 aliphatic heterocycles. The van der Waals surface area contributed by atoms with Crippen molar-refractivity contribution in [3.05, 3.63) is 17.5 Å². The smallest absolute Gasteiger partial charge is 0.306 e. The maximum Gasteiger partial charge on any atom is 0.306 e. The van der Waals surface area contributed by atoms with Gasteiger partial charge >= 0.3 is 5.97 Å². The zero-order valence-electron chi connectivity index (χ0n) is 13.5. The molecule has 1 aliphatic rings. The van der Waals surface area contributed by atoms with Gasteiger partial charge in [-0.2, -0.15) is 5.10 Å². The summed E-state index contributed by atoms with van der Waals surface area (Å²) in [5.41, 5.74) is 1.46. The second kappa shape index (κ2) is 6.94. The van der Waals surface area contributed by atoms with Crippen LogP contribution in [0, 0.1) is 12.8 Å². The van der Waals surface area contributed by atoms with Crippen molar-refractivity contribution in [1.82, 2.24) is 15.1 Å². The van der Waals surface area contributed by atoms with Crippen LogP contribution < -0.4 is 5.32 Å². The molecule has 6 heteroatoms. The van der Waals surface area contributed by atoms with Crippen molar-refractivity contribution in [3.63, 3.8) is 0 Å². The Bertz CT molecular complexity index is 549. The van der Waals surface area contributed by atoms with Crippen LogP contribution in [0.5, 0.6) is 0 Å². The number of aliphatic carboxylic acids is 1. The summed E-state index contributed by atoms with van der Waals surface area (Å²) in [6.45, 7) is 6.13. The van der Waals surface area contributed by atoms with Crippen molar-refractivity contribution in [3.8, 4) is 0 Å². The van der Waals surface area contributed by atoms with Gasteiger partial charge < -0.3 is 10.4 Å². The average molecular weight is 307 g/mol. The number of nitrogens with zero attached hydrogens (tertiary/aromatic N) is 2. The van der Waals surface area contributed by atoms with Gasteiger partial charge in [-0.15, -0.1) is 0 Å². The molecule has 1 amide bonds. The first kappa shape index (κ1) is 16.5. The number of hydrogen-bond acceptors (Lipinski definition) is 3. The molecule has 2 N–H and O–H groups in total. The van der Waals surface area contributed by atoms with E-state index < -0.39 is 5.97 Å². The van der Waals surface area contributed by atoms with E-state index in [1.165, 1.54) is 0 Å². The fourth-order valence-electron chi connectivity index (χ4n) is 3.25. The maximum absolute atomic E-state index is 12.4. The first-order valence-corrected chi connectivity index (χ1v) is 8.05. The minimum atomic E-state index is -0.769. The number of carboxylic acid groups (broad SMARTS) is 1. The number of aromatic nitrogens is 2. The van der Waals surface area contributed by atoms with Crippen LogP contribution in [0.1, 0.15) is 68.0 Å². The minimum Gasteiger partial charge on any atom is -0.481 e. The Hall–Kier alpha value is -1.85. The van der Waals surface area contributed by atoms with E-state index in [-0.39, 0.29) is 17.9 Å². The molecule has 22 heavy (non-hydrogen) atoms. The van der Waals surface area contributed by atoms with Gasteiger partial charge in [0, 0.05) is 11.7 Å². The van der Waals surface area contributed by atoms with Gasteiger partial charge in [0.25, 0.3) is 5.91 Å². The van der Waals surface area contributed by atoms with Crippen LogP contribution in [0.3, 0.4) is 0 Å². The van der Waals surface area contributed by atoms with E-state index in [0.29, 0.717) is 24.4 Å². The van der Waals surface area contributed by atoms with Crippen molar-refractivity contribution >= 4 is 11.9 Å². The van der Waals surface area contributed by atoms with Gasteiger partial charge in [0.15, 0.2) is 0 Å². The Labute approximate surface area is 130 Å². The lowest BCUT2D eigenvalue weighted by atomic mass is 10.1. The lowest BCUT2D eigenvalue weighted by molar-refractivity contribution is -0.141. The van der Waals surface area contributed by atoms with Crippen molar-refractivity contribution in [2.45, 2.75) is 65.0 Å². The average Bonchev–Trinajstić information content (AvgIpc) is 3.08. The van der Waals surface area contributed by atoms with E-state index in [1.54, 1.807) is 6.20 Å². The highest BCUT2D eigenvalue weighted by atomic mass is 16.4. The molecule has 0 bridgehead atoms. The van der Waals surface area contributed by atoms with E-state index >= 15 is 0 Å². The third-order valence-corrected chi connectivity index (χ3v) is 4.69. The number of carbonyl (C=O) groups excluding carboxylic acids is 1. The summed E-state index contributed by atoms with van der Waals surface area (Å²) in [4.78, 5) is 23.4. The van der Waals surface area contributed by atoms with Crippen LogP contribution >= 0.6 is 0 Å². The predicted octanol–water partition coefficient (Wildman–Crippen LogP) is 2.54. The van der Waals surface area contributed by atoms with Gasteiger partial charge in [0.2, 0.25) is 0 Å². The molecule has 0 unspecified atom stereocenters. The SMILES string of the molecule is CCC(CC)n1ncc(C(=O)N[C@@H]2CC[C@H](C(=O)O)C2)c1C. The van der Waals surface area contributed by atoms with E-state index in [1.807, 2.05) is 11.6 Å². The molecule has 1 fully saturated rings. The Balaban J connectivity index is 2.03. The molecule has 1 aliphatic carbocycles. The topological polar surface area (TPSA) is 84.2 Å². The second-order valence-electron chi connectivity index (χ2n) is 6.08. The molecular formula is C16H25N3O3. The lowest BCUT2D eigenvalue weighted by Crippen LogP contribution is -2.33. The van der Waals surface area contributed by atoms with E-state index in [4.69, 9.17) is 5.11 Å². The zero-order chi connectivity index (χ0) is 16.3. The molecule has 1 aromatic heterocycles. The Morgan fingerprint density at radius 2 is 2.09 bits per heavy atom. The first-order valence-electron chi connectivity index (χ1n) is 8.05. The van der Waals surface area contributed by atoms with Crippen LogP contribution in [0.15, 0.2) is 6.20 Å². The third kappa shape index (κ3) is 3.31. The van der Waals surface area contributed by atoms with Crippen LogP contribution in [0.4, 0.5) is 0 Å². The van der Waals surface area contributed by atoms with Gasteiger partial charge in [0.1, 0.15) is 0 Å². The van der Waals surface area contributed by atoms with Gasteiger partial charge in [-0.05, 0) is 39.0 Å². The van der Waals surface area contributed by atoms with Gasteiger partial charge in [-0.1, -0.05) is 13.8 Å². The second-order valence-corrected chi connectivity index (χ2v) is 6.08. The quantitative estimate of drug-likeness (QED) is 0.846. The monoisotopic (exact) mass is 307 g/mol. The summed E-state index contributed by atoms with van der Waals surface area (Å²) < 4.78 is 1.92. The molecule has 0 aromatic carbocycles. The van der Waals surface area contributed by atoms with E-state index in [0.717, 1.165) is 25.0 Å². The molecule has 0 saturated heterocycles. The summed E-state index contributed by atoms with van der Waals surface area (Å²) in [5, 5.41) is 16.3. The Kier molecular flexibility index (Phi) is 5.21. The van der Waals surface area contributed by atoms with Crippen molar-refractivity contribution in [1.29, 1.82) is 0 Å². The molecule has 1 heterocycles. The Morgan fingerprint density at radius 1 is 1.41 bits per heavy atom. The highest BCUT2D eigenvalue weighted by molar-refractivity contribution is 5.95. The number of carbonyl (C=O) groups is 2. The summed E-state index contributed by atoms with van der Waals surface area (Å²) >= 11 is 0. The van der Waals surface area contributed by atoms with Crippen molar-refractivity contribution in [2.75, 3.05) is 0 Å². The van der Waals surface area contributed by atoms with Gasteiger partial charge in [-0.3, -0.25) is 14.3 Å². The normalized spacial score (nSPS) is 21.3. The fourth-order valence-corrected chi connectivity index (χ4v) is 3.25. The minimum absolute atomic E-state index is 0.0514. The zero-order valence-corrected chi connectivity index (χ0v) is 13.5. The highest BCUT2D eigenvalue weighted by Crippen LogP contribution is 2.26. The maximum atomic E-state index is 12.4. The number of nitrogens with one attached hydrogen (secondary N) is 1. The first-order chi connectivity index (χ1) is 10.5. The molecule has 1 saturated carbocycles. The molecule has 0 spiro atoms. The van der Waals surface area contributed by atoms with E-state index in [9.17, 15) is 9.59 Å². The van der Waals surface area contributed by atoms with Crippen molar-refractivity contribution in [2.24, 2.45) is 5.92 Å². The molecule has 2 rings (SSSR count). The standard InChI is InChI=1S/C16H25N3O3/c1-4-13(5-2)19-10(3)14(9-17-19)15(20)18-12-7-6-11(8-12)16(21)22/h9,11-13H,4-8H2,1-3H3,(H,18,20)(H,21,22)/t11-,12+/m0/s1. The van der Waals surface area contributed by atoms with Crippen LogP contribution in [0.25, 0.3) is 0 Å².